The Balaban J connectivity index is 2.31. The molecule has 1 aromatic rings. The van der Waals surface area contributed by atoms with Crippen molar-refractivity contribution in [1.82, 2.24) is 4.31 Å². The highest BCUT2D eigenvalue weighted by atomic mass is 35.5. The Morgan fingerprint density at radius 1 is 1.48 bits per heavy atom. The van der Waals surface area contributed by atoms with Crippen molar-refractivity contribution in [1.29, 1.82) is 0 Å². The van der Waals surface area contributed by atoms with Crippen LogP contribution < -0.4 is 4.74 Å². The zero-order valence-corrected chi connectivity index (χ0v) is 12.4. The number of rotatable bonds is 5. The van der Waals surface area contributed by atoms with E-state index in [1.54, 1.807) is 0 Å². The van der Waals surface area contributed by atoms with Crippen molar-refractivity contribution in [2.45, 2.75) is 30.4 Å². The van der Waals surface area contributed by atoms with Gasteiger partial charge < -0.3 is 9.84 Å². The highest BCUT2D eigenvalue weighted by Gasteiger charge is 2.35. The summed E-state index contributed by atoms with van der Waals surface area (Å²) in [6.07, 6.45) is 1.24. The van der Waals surface area contributed by atoms with Gasteiger partial charge in [-0.2, -0.15) is 13.1 Å². The normalized spacial score (nSPS) is 20.1. The first-order valence-corrected chi connectivity index (χ1v) is 8.05. The molecule has 0 unspecified atom stereocenters. The summed E-state index contributed by atoms with van der Waals surface area (Å²) in [4.78, 5) is -0.116. The van der Waals surface area contributed by atoms with Crippen molar-refractivity contribution < 1.29 is 27.0 Å². The van der Waals surface area contributed by atoms with E-state index < -0.39 is 22.7 Å². The number of halogens is 3. The Morgan fingerprint density at radius 3 is 2.76 bits per heavy atom. The molecule has 118 valence electrons. The van der Waals surface area contributed by atoms with Gasteiger partial charge in [0.05, 0.1) is 16.5 Å². The molecule has 0 amide bonds. The Hall–Kier alpha value is -0.960. The number of hydrogen-bond acceptors (Lipinski definition) is 4. The van der Waals surface area contributed by atoms with E-state index in [1.165, 1.54) is 4.31 Å². The second kappa shape index (κ2) is 6.43. The van der Waals surface area contributed by atoms with Crippen LogP contribution in [0, 0.1) is 0 Å². The fraction of sp³-hybridized carbons (Fsp3) is 0.500. The van der Waals surface area contributed by atoms with Crippen LogP contribution >= 0.6 is 11.6 Å². The number of sulfonamides is 1. The average Bonchev–Trinajstić information content (AvgIpc) is 2.89. The van der Waals surface area contributed by atoms with Crippen LogP contribution in [0.5, 0.6) is 5.75 Å². The van der Waals surface area contributed by atoms with Gasteiger partial charge in [-0.1, -0.05) is 11.6 Å². The smallest absolute Gasteiger partial charge is 0.387 e. The van der Waals surface area contributed by atoms with Gasteiger partial charge in [0, 0.05) is 12.6 Å². The molecule has 0 bridgehead atoms. The minimum absolute atomic E-state index is 0.116. The third-order valence-corrected chi connectivity index (χ3v) is 5.50. The zero-order valence-electron chi connectivity index (χ0n) is 10.9. The van der Waals surface area contributed by atoms with Gasteiger partial charge in [0.2, 0.25) is 10.0 Å². The van der Waals surface area contributed by atoms with Crippen LogP contribution in [0.1, 0.15) is 12.8 Å². The van der Waals surface area contributed by atoms with Gasteiger partial charge in [-0.15, -0.1) is 0 Å². The summed E-state index contributed by atoms with van der Waals surface area (Å²) in [5, 5.41) is 9.00. The van der Waals surface area contributed by atoms with Crippen LogP contribution in [0.25, 0.3) is 0 Å². The average molecular weight is 342 g/mol. The van der Waals surface area contributed by atoms with Crippen LogP contribution in [0.15, 0.2) is 23.1 Å². The Kier molecular flexibility index (Phi) is 5.03. The molecule has 1 fully saturated rings. The van der Waals surface area contributed by atoms with Crippen molar-refractivity contribution in [2.24, 2.45) is 0 Å². The molecule has 1 aliphatic heterocycles. The molecule has 0 spiro atoms. The summed E-state index contributed by atoms with van der Waals surface area (Å²) in [6.45, 7) is -3.00. The molecular formula is C12H14ClF2NO4S. The molecule has 5 nitrogen and oxygen atoms in total. The van der Waals surface area contributed by atoms with Crippen molar-refractivity contribution in [3.8, 4) is 5.75 Å². The van der Waals surface area contributed by atoms with Gasteiger partial charge in [0.25, 0.3) is 0 Å². The molecule has 21 heavy (non-hydrogen) atoms. The zero-order chi connectivity index (χ0) is 15.6. The third kappa shape index (κ3) is 3.45. The topological polar surface area (TPSA) is 66.8 Å². The molecule has 1 atom stereocenters. The summed E-state index contributed by atoms with van der Waals surface area (Å²) < 4.78 is 54.6. The minimum atomic E-state index is -3.82. The van der Waals surface area contributed by atoms with Gasteiger partial charge in [-0.3, -0.25) is 0 Å². The predicted octanol–water partition coefficient (Wildman–Crippen LogP) is 2.09. The molecular weight excluding hydrogens is 328 g/mol. The van der Waals surface area contributed by atoms with E-state index in [0.717, 1.165) is 18.2 Å². The number of ether oxygens (including phenoxy) is 1. The van der Waals surface area contributed by atoms with Crippen molar-refractivity contribution in [3.05, 3.63) is 23.2 Å². The minimum Gasteiger partial charge on any atom is -0.433 e. The van der Waals surface area contributed by atoms with E-state index in [0.29, 0.717) is 19.4 Å². The van der Waals surface area contributed by atoms with E-state index >= 15 is 0 Å². The van der Waals surface area contributed by atoms with E-state index in [-0.39, 0.29) is 22.3 Å². The molecule has 1 saturated heterocycles. The highest BCUT2D eigenvalue weighted by molar-refractivity contribution is 7.89. The van der Waals surface area contributed by atoms with Gasteiger partial charge in [0.1, 0.15) is 5.75 Å². The highest BCUT2D eigenvalue weighted by Crippen LogP contribution is 2.32. The van der Waals surface area contributed by atoms with Crippen LogP contribution in [0.4, 0.5) is 8.78 Å². The van der Waals surface area contributed by atoms with Gasteiger partial charge in [-0.25, -0.2) is 8.42 Å². The lowest BCUT2D eigenvalue weighted by Crippen LogP contribution is -2.37. The third-order valence-electron chi connectivity index (χ3n) is 3.26. The summed E-state index contributed by atoms with van der Waals surface area (Å²) in [6, 6.07) is 2.85. The van der Waals surface area contributed by atoms with Crippen molar-refractivity contribution >= 4 is 21.6 Å². The number of hydrogen-bond donors (Lipinski definition) is 1. The first kappa shape index (κ1) is 16.4. The molecule has 0 aromatic heterocycles. The monoisotopic (exact) mass is 341 g/mol. The molecule has 1 aromatic carbocycles. The van der Waals surface area contributed by atoms with Gasteiger partial charge in [-0.05, 0) is 31.0 Å². The quantitative estimate of drug-likeness (QED) is 0.890. The van der Waals surface area contributed by atoms with Crippen LogP contribution in [0.3, 0.4) is 0 Å². The first-order chi connectivity index (χ1) is 9.86. The summed E-state index contributed by atoms with van der Waals surface area (Å²) >= 11 is 5.77. The molecule has 0 radical (unpaired) electrons. The molecule has 1 aliphatic rings. The maximum absolute atomic E-state index is 12.5. The van der Waals surface area contributed by atoms with Gasteiger partial charge in [0.15, 0.2) is 0 Å². The second-order valence-corrected chi connectivity index (χ2v) is 6.86. The molecule has 2 rings (SSSR count). The van der Waals surface area contributed by atoms with E-state index in [1.807, 2.05) is 0 Å². The molecule has 0 aliphatic carbocycles. The first-order valence-electron chi connectivity index (χ1n) is 6.23. The Labute approximate surface area is 126 Å². The Morgan fingerprint density at radius 2 is 2.19 bits per heavy atom. The SMILES string of the molecule is O=S(=O)(c1ccc(OC(F)F)c(Cl)c1)N1CCC[C@H]1CO. The molecule has 1 heterocycles. The predicted molar refractivity (Wildman–Crippen MR) is 72.1 cm³/mol. The second-order valence-electron chi connectivity index (χ2n) is 4.57. The maximum Gasteiger partial charge on any atom is 0.387 e. The lowest BCUT2D eigenvalue weighted by Gasteiger charge is -2.22. The largest absolute Gasteiger partial charge is 0.433 e. The Bertz CT molecular complexity index is 611. The molecule has 9 heteroatoms. The maximum atomic E-state index is 12.5. The summed E-state index contributed by atoms with van der Waals surface area (Å²) in [7, 11) is -3.82. The fourth-order valence-corrected chi connectivity index (χ4v) is 4.28. The standard InChI is InChI=1S/C12H14ClF2NO4S/c13-10-6-9(3-4-11(10)20-12(14)15)21(18,19)16-5-1-2-8(16)7-17/h3-4,6,8,12,17H,1-2,5,7H2/t8-/m0/s1. The van der Waals surface area contributed by atoms with Crippen molar-refractivity contribution in [2.75, 3.05) is 13.2 Å². The lowest BCUT2D eigenvalue weighted by molar-refractivity contribution is -0.0498. The van der Waals surface area contributed by atoms with E-state index in [2.05, 4.69) is 4.74 Å². The van der Waals surface area contributed by atoms with Crippen molar-refractivity contribution in [3.63, 3.8) is 0 Å². The van der Waals surface area contributed by atoms with Crippen LogP contribution in [0.2, 0.25) is 5.02 Å². The van der Waals surface area contributed by atoms with Gasteiger partial charge >= 0.3 is 6.61 Å². The molecule has 1 N–H and O–H groups in total. The number of alkyl halides is 2. The fourth-order valence-electron chi connectivity index (χ4n) is 2.28. The molecule has 0 saturated carbocycles. The van der Waals surface area contributed by atoms with Crippen LogP contribution in [-0.2, 0) is 10.0 Å². The number of benzene rings is 1. The van der Waals surface area contributed by atoms with E-state index in [9.17, 15) is 22.3 Å². The number of aliphatic hydroxyl groups excluding tert-OH is 1. The van der Waals surface area contributed by atoms with E-state index in [4.69, 9.17) is 11.6 Å². The summed E-state index contributed by atoms with van der Waals surface area (Å²) in [5.41, 5.74) is 0. The summed E-state index contributed by atoms with van der Waals surface area (Å²) in [5.74, 6) is -0.286. The van der Waals surface area contributed by atoms with Crippen LogP contribution in [-0.4, -0.2) is 43.6 Å². The number of aliphatic hydroxyl groups is 1. The number of nitrogens with zero attached hydrogens (tertiary/aromatic N) is 1. The lowest BCUT2D eigenvalue weighted by atomic mass is 10.2.